The summed E-state index contributed by atoms with van der Waals surface area (Å²) in [6.07, 6.45) is 1.47. The Balaban J connectivity index is 1.65. The monoisotopic (exact) mass is 424 g/mol. The van der Waals surface area contributed by atoms with Crippen LogP contribution in [0.4, 0.5) is 5.69 Å². The molecule has 1 heterocycles. The van der Waals surface area contributed by atoms with Gasteiger partial charge in [0.05, 0.1) is 4.90 Å². The van der Waals surface area contributed by atoms with Crippen molar-refractivity contribution in [1.82, 2.24) is 15.8 Å². The molecule has 0 saturated carbocycles. The molecule has 0 fully saturated rings. The summed E-state index contributed by atoms with van der Waals surface area (Å²) < 4.78 is 27.8. The molecular formula is C21H20N4O4S. The molecule has 0 unspecified atom stereocenters. The molecule has 0 bridgehead atoms. The Bertz CT molecular complexity index is 1180. The maximum atomic E-state index is 12.7. The predicted molar refractivity (Wildman–Crippen MR) is 112 cm³/mol. The first-order valence-electron chi connectivity index (χ1n) is 8.98. The van der Waals surface area contributed by atoms with E-state index in [4.69, 9.17) is 0 Å². The van der Waals surface area contributed by atoms with Crippen molar-refractivity contribution in [3.8, 4) is 0 Å². The average molecular weight is 424 g/mol. The molecule has 0 saturated heterocycles. The molecule has 154 valence electrons. The first-order chi connectivity index (χ1) is 14.3. The van der Waals surface area contributed by atoms with Gasteiger partial charge in [0.1, 0.15) is 5.69 Å². The molecule has 3 N–H and O–H groups in total. The second kappa shape index (κ2) is 8.75. The summed E-state index contributed by atoms with van der Waals surface area (Å²) in [6.45, 7) is 3.54. The van der Waals surface area contributed by atoms with Crippen molar-refractivity contribution in [1.29, 1.82) is 0 Å². The van der Waals surface area contributed by atoms with E-state index in [9.17, 15) is 18.0 Å². The first-order valence-corrected chi connectivity index (χ1v) is 10.5. The number of hydrazine groups is 1. The van der Waals surface area contributed by atoms with Crippen LogP contribution >= 0.6 is 0 Å². The second-order valence-electron chi connectivity index (χ2n) is 6.58. The molecule has 0 aliphatic carbocycles. The number of nitrogens with zero attached hydrogens (tertiary/aromatic N) is 1. The summed E-state index contributed by atoms with van der Waals surface area (Å²) in [5, 5.41) is 0. The van der Waals surface area contributed by atoms with E-state index in [1.807, 2.05) is 13.0 Å². The second-order valence-corrected chi connectivity index (χ2v) is 8.23. The lowest BCUT2D eigenvalue weighted by molar-refractivity contribution is 0.0844. The molecule has 0 aliphatic rings. The van der Waals surface area contributed by atoms with Gasteiger partial charge in [-0.05, 0) is 67.4 Å². The van der Waals surface area contributed by atoms with Crippen molar-refractivity contribution in [3.63, 3.8) is 0 Å². The van der Waals surface area contributed by atoms with Crippen LogP contribution in [-0.2, 0) is 10.0 Å². The number of hydrogen-bond donors (Lipinski definition) is 3. The zero-order chi connectivity index (χ0) is 21.7. The number of aromatic nitrogens is 1. The standard InChI is InChI=1S/C21H20N4O4S/c1-14-6-7-15(2)19(13-14)30(28,29)25-17-10-8-16(9-11-17)20(26)23-24-21(27)18-5-3-4-12-22-18/h3-13,25H,1-2H3,(H,23,26)(H,24,27). The van der Waals surface area contributed by atoms with Crippen molar-refractivity contribution in [2.24, 2.45) is 0 Å². The molecule has 8 nitrogen and oxygen atoms in total. The van der Waals surface area contributed by atoms with E-state index in [0.717, 1.165) is 5.56 Å². The first kappa shape index (κ1) is 21.0. The van der Waals surface area contributed by atoms with E-state index in [0.29, 0.717) is 11.3 Å². The van der Waals surface area contributed by atoms with Gasteiger partial charge in [0.25, 0.3) is 21.8 Å². The van der Waals surface area contributed by atoms with Gasteiger partial charge in [-0.1, -0.05) is 18.2 Å². The van der Waals surface area contributed by atoms with Crippen LogP contribution < -0.4 is 15.6 Å². The van der Waals surface area contributed by atoms with Gasteiger partial charge in [-0.3, -0.25) is 30.1 Å². The molecule has 0 atom stereocenters. The van der Waals surface area contributed by atoms with Crippen LogP contribution in [-0.4, -0.2) is 25.2 Å². The van der Waals surface area contributed by atoms with Crippen LogP contribution in [0.3, 0.4) is 0 Å². The molecule has 0 aliphatic heterocycles. The highest BCUT2D eigenvalue weighted by atomic mass is 32.2. The molecular weight excluding hydrogens is 404 g/mol. The minimum Gasteiger partial charge on any atom is -0.280 e. The average Bonchev–Trinajstić information content (AvgIpc) is 2.74. The summed E-state index contributed by atoms with van der Waals surface area (Å²) >= 11 is 0. The Morgan fingerprint density at radius 1 is 0.867 bits per heavy atom. The maximum absolute atomic E-state index is 12.7. The Morgan fingerprint density at radius 2 is 1.57 bits per heavy atom. The van der Waals surface area contributed by atoms with Crippen molar-refractivity contribution in [3.05, 3.63) is 89.2 Å². The van der Waals surface area contributed by atoms with E-state index < -0.39 is 21.8 Å². The number of benzene rings is 2. The van der Waals surface area contributed by atoms with Crippen LogP contribution in [0, 0.1) is 13.8 Å². The van der Waals surface area contributed by atoms with Crippen LogP contribution in [0.25, 0.3) is 0 Å². The number of nitrogens with one attached hydrogen (secondary N) is 3. The zero-order valence-electron chi connectivity index (χ0n) is 16.3. The van der Waals surface area contributed by atoms with Gasteiger partial charge in [-0.15, -0.1) is 0 Å². The minimum absolute atomic E-state index is 0.161. The highest BCUT2D eigenvalue weighted by molar-refractivity contribution is 7.92. The minimum atomic E-state index is -3.77. The topological polar surface area (TPSA) is 117 Å². The molecule has 2 aromatic carbocycles. The summed E-state index contributed by atoms with van der Waals surface area (Å²) in [6, 6.07) is 15.9. The fourth-order valence-electron chi connectivity index (χ4n) is 2.64. The third-order valence-electron chi connectivity index (χ3n) is 4.22. The zero-order valence-corrected chi connectivity index (χ0v) is 17.2. The predicted octanol–water partition coefficient (Wildman–Crippen LogP) is 2.57. The smallest absolute Gasteiger partial charge is 0.280 e. The van der Waals surface area contributed by atoms with Gasteiger partial charge in [0.2, 0.25) is 0 Å². The van der Waals surface area contributed by atoms with E-state index in [-0.39, 0.29) is 16.2 Å². The molecule has 0 radical (unpaired) electrons. The number of hydrogen-bond acceptors (Lipinski definition) is 5. The lowest BCUT2D eigenvalue weighted by atomic mass is 10.2. The van der Waals surface area contributed by atoms with Crippen molar-refractivity contribution < 1.29 is 18.0 Å². The summed E-state index contributed by atoms with van der Waals surface area (Å²) in [7, 11) is -3.77. The van der Waals surface area contributed by atoms with Gasteiger partial charge in [0, 0.05) is 17.4 Å². The quantitative estimate of drug-likeness (QED) is 0.544. The SMILES string of the molecule is Cc1ccc(C)c(S(=O)(=O)Nc2ccc(C(=O)NNC(=O)c3ccccn3)cc2)c1. The number of carbonyl (C=O) groups is 2. The van der Waals surface area contributed by atoms with Crippen LogP contribution in [0.15, 0.2) is 71.8 Å². The fourth-order valence-corrected chi connectivity index (χ4v) is 4.03. The normalized spacial score (nSPS) is 10.9. The number of sulfonamides is 1. The number of rotatable bonds is 5. The molecule has 3 aromatic rings. The molecule has 3 rings (SSSR count). The van der Waals surface area contributed by atoms with Gasteiger partial charge in [-0.25, -0.2) is 8.42 Å². The number of carbonyl (C=O) groups excluding carboxylic acids is 2. The third-order valence-corrected chi connectivity index (χ3v) is 5.74. The van der Waals surface area contributed by atoms with E-state index in [1.54, 1.807) is 31.2 Å². The Hall–Kier alpha value is -3.72. The van der Waals surface area contributed by atoms with Crippen LogP contribution in [0.2, 0.25) is 0 Å². The van der Waals surface area contributed by atoms with Gasteiger partial charge >= 0.3 is 0 Å². The van der Waals surface area contributed by atoms with Crippen LogP contribution in [0.1, 0.15) is 32.0 Å². The number of anilines is 1. The van der Waals surface area contributed by atoms with Gasteiger partial charge in [-0.2, -0.15) is 0 Å². The number of amides is 2. The molecule has 1 aromatic heterocycles. The lowest BCUT2D eigenvalue weighted by Gasteiger charge is -2.12. The Labute approximate surface area is 174 Å². The van der Waals surface area contributed by atoms with Crippen molar-refractivity contribution in [2.75, 3.05) is 4.72 Å². The lowest BCUT2D eigenvalue weighted by Crippen LogP contribution is -2.41. The van der Waals surface area contributed by atoms with E-state index >= 15 is 0 Å². The fraction of sp³-hybridized carbons (Fsp3) is 0.0952. The largest absolute Gasteiger partial charge is 0.288 e. The highest BCUT2D eigenvalue weighted by Crippen LogP contribution is 2.21. The van der Waals surface area contributed by atoms with Crippen molar-refractivity contribution >= 4 is 27.5 Å². The molecule has 30 heavy (non-hydrogen) atoms. The Kier molecular flexibility index (Phi) is 6.12. The molecule has 0 spiro atoms. The van der Waals surface area contributed by atoms with Crippen LogP contribution in [0.5, 0.6) is 0 Å². The third kappa shape index (κ3) is 5.00. The van der Waals surface area contributed by atoms with E-state index in [2.05, 4.69) is 20.6 Å². The van der Waals surface area contributed by atoms with Gasteiger partial charge < -0.3 is 0 Å². The Morgan fingerprint density at radius 3 is 2.23 bits per heavy atom. The summed E-state index contributed by atoms with van der Waals surface area (Å²) in [5.41, 5.74) is 6.74. The van der Waals surface area contributed by atoms with Crippen molar-refractivity contribution in [2.45, 2.75) is 18.7 Å². The number of pyridine rings is 1. The highest BCUT2D eigenvalue weighted by Gasteiger charge is 2.17. The van der Waals surface area contributed by atoms with Gasteiger partial charge in [0.15, 0.2) is 0 Å². The number of aryl methyl sites for hydroxylation is 2. The summed E-state index contributed by atoms with van der Waals surface area (Å²) in [5.74, 6) is -1.11. The maximum Gasteiger partial charge on any atom is 0.288 e. The molecule has 2 amide bonds. The molecule has 9 heteroatoms. The van der Waals surface area contributed by atoms with E-state index in [1.165, 1.54) is 36.5 Å². The summed E-state index contributed by atoms with van der Waals surface area (Å²) in [4.78, 5) is 28.2.